The first-order valence-corrected chi connectivity index (χ1v) is 12.0. The largest absolute Gasteiger partial charge is 0.345 e. The Bertz CT molecular complexity index is 1450. The second-order valence-electron chi connectivity index (χ2n) is 10.3. The Morgan fingerprint density at radius 1 is 1.23 bits per heavy atom. The van der Waals surface area contributed by atoms with E-state index in [-0.39, 0.29) is 24.0 Å². The van der Waals surface area contributed by atoms with Gasteiger partial charge >= 0.3 is 0 Å². The summed E-state index contributed by atoms with van der Waals surface area (Å²) in [6, 6.07) is 3.65. The van der Waals surface area contributed by atoms with Crippen LogP contribution in [0.4, 0.5) is 9.52 Å². The van der Waals surface area contributed by atoms with Gasteiger partial charge < -0.3 is 14.6 Å². The summed E-state index contributed by atoms with van der Waals surface area (Å²) < 4.78 is 17.3. The van der Waals surface area contributed by atoms with Gasteiger partial charge in [0.2, 0.25) is 0 Å². The van der Waals surface area contributed by atoms with Crippen LogP contribution in [0.5, 0.6) is 0 Å². The molecule has 1 aliphatic heterocycles. The first kappa shape index (κ1) is 25.2. The van der Waals surface area contributed by atoms with Gasteiger partial charge in [0.25, 0.3) is 0 Å². The van der Waals surface area contributed by atoms with Gasteiger partial charge in [-0.2, -0.15) is 5.26 Å². The smallest absolute Gasteiger partial charge is 0.188 e. The molecule has 4 aromatic rings. The van der Waals surface area contributed by atoms with Gasteiger partial charge in [0.1, 0.15) is 22.6 Å². The number of hydrogen-bond donors (Lipinski definition) is 1. The third kappa shape index (κ3) is 4.44. The third-order valence-electron chi connectivity index (χ3n) is 6.40. The van der Waals surface area contributed by atoms with E-state index in [1.807, 2.05) is 49.5 Å². The van der Waals surface area contributed by atoms with Crippen LogP contribution in [-0.4, -0.2) is 54.7 Å². The Morgan fingerprint density at radius 3 is 2.69 bits per heavy atom. The molecule has 0 unspecified atom stereocenters. The van der Waals surface area contributed by atoms with Gasteiger partial charge in [-0.25, -0.2) is 24.3 Å². The Kier molecular flexibility index (Phi) is 6.24. The molecule has 5 rings (SSSR count). The molecule has 1 saturated heterocycles. The molecule has 0 saturated carbocycles. The molecule has 0 radical (unpaired) electrons. The molecule has 0 bridgehead atoms. The van der Waals surface area contributed by atoms with Gasteiger partial charge in [0.05, 0.1) is 23.5 Å². The highest BCUT2D eigenvalue weighted by molar-refractivity contribution is 7.21. The highest BCUT2D eigenvalue weighted by atomic mass is 35.5. The number of fused-ring (bicyclic) bond motifs is 2. The summed E-state index contributed by atoms with van der Waals surface area (Å²) in [4.78, 5) is 21.0. The molecular weight excluding hydrogens is 487 g/mol. The molecule has 1 N–H and O–H groups in total. The number of pyridine rings is 1. The molecule has 4 aromatic heterocycles. The number of imidazole rings is 1. The van der Waals surface area contributed by atoms with Crippen molar-refractivity contribution < 1.29 is 4.39 Å². The van der Waals surface area contributed by atoms with E-state index in [1.165, 1.54) is 11.3 Å². The van der Waals surface area contributed by atoms with E-state index in [0.29, 0.717) is 34.1 Å². The third-order valence-corrected chi connectivity index (χ3v) is 7.45. The zero-order valence-corrected chi connectivity index (χ0v) is 22.1. The minimum atomic E-state index is -1.06. The van der Waals surface area contributed by atoms with Crippen LogP contribution in [0, 0.1) is 18.3 Å². The molecule has 35 heavy (non-hydrogen) atoms. The number of anilines is 1. The van der Waals surface area contributed by atoms with Gasteiger partial charge in [-0.3, -0.25) is 0 Å². The summed E-state index contributed by atoms with van der Waals surface area (Å²) in [6.45, 7) is 9.91. The second kappa shape index (κ2) is 8.66. The fourth-order valence-electron chi connectivity index (χ4n) is 5.01. The van der Waals surface area contributed by atoms with Crippen LogP contribution in [0.25, 0.3) is 27.4 Å². The minimum absolute atomic E-state index is 0. The number of nitrogens with zero attached hydrogens (tertiary/aromatic N) is 7. The number of aromatic nitrogens is 5. The lowest BCUT2D eigenvalue weighted by atomic mass is 9.77. The van der Waals surface area contributed by atoms with Gasteiger partial charge in [-0.15, -0.1) is 12.4 Å². The van der Waals surface area contributed by atoms with Crippen molar-refractivity contribution in [2.75, 3.05) is 11.9 Å². The fourth-order valence-corrected chi connectivity index (χ4v) is 5.95. The van der Waals surface area contributed by atoms with Crippen LogP contribution in [0.2, 0.25) is 0 Å². The molecule has 0 aliphatic carbocycles. The van der Waals surface area contributed by atoms with Crippen molar-refractivity contribution in [2.45, 2.75) is 64.3 Å². The quantitative estimate of drug-likeness (QED) is 0.423. The van der Waals surface area contributed by atoms with Crippen molar-refractivity contribution in [1.82, 2.24) is 29.7 Å². The van der Waals surface area contributed by atoms with E-state index in [9.17, 15) is 5.26 Å². The highest BCUT2D eigenvalue weighted by Crippen LogP contribution is 2.37. The van der Waals surface area contributed by atoms with E-state index < -0.39 is 11.7 Å². The van der Waals surface area contributed by atoms with Crippen LogP contribution in [-0.2, 0) is 0 Å². The number of piperidine rings is 1. The predicted octanol–water partition coefficient (Wildman–Crippen LogP) is 4.70. The maximum atomic E-state index is 15.5. The zero-order chi connectivity index (χ0) is 24.4. The van der Waals surface area contributed by atoms with Gasteiger partial charge in [-0.1, -0.05) is 11.3 Å². The van der Waals surface area contributed by atoms with Gasteiger partial charge in [0, 0.05) is 36.1 Å². The summed E-state index contributed by atoms with van der Waals surface area (Å²) in [7, 11) is 1.90. The molecule has 5 heterocycles. The van der Waals surface area contributed by atoms with Crippen molar-refractivity contribution in [1.29, 1.82) is 5.26 Å². The summed E-state index contributed by atoms with van der Waals surface area (Å²) in [5.74, 6) is 0.502. The maximum absolute atomic E-state index is 15.5. The summed E-state index contributed by atoms with van der Waals surface area (Å²) >= 11 is 1.42. The molecular formula is C24H28ClFN8S. The molecule has 0 spiro atoms. The number of nitriles is 1. The normalized spacial score (nSPS) is 21.0. The van der Waals surface area contributed by atoms with Crippen LogP contribution in [0.1, 0.15) is 45.4 Å². The SMILES string of the molecule is Cc1cn2cc(-c3ncc4nc(N(C)[C@@H]5CC(C)(C)NC(C)(C)[C@@H]5F)sc4n3)cc(C#N)c2n1.Cl. The van der Waals surface area contributed by atoms with Crippen molar-refractivity contribution >= 4 is 44.9 Å². The molecule has 0 amide bonds. The number of halogens is 2. The molecule has 0 aromatic carbocycles. The van der Waals surface area contributed by atoms with E-state index in [4.69, 9.17) is 9.97 Å². The number of aryl methyl sites for hydroxylation is 1. The van der Waals surface area contributed by atoms with E-state index in [1.54, 1.807) is 12.3 Å². The number of thiazole rings is 1. The summed E-state index contributed by atoms with van der Waals surface area (Å²) in [5.41, 5.74) is 2.44. The highest BCUT2D eigenvalue weighted by Gasteiger charge is 2.48. The number of rotatable bonds is 3. The van der Waals surface area contributed by atoms with Crippen LogP contribution in [0.15, 0.2) is 24.7 Å². The summed E-state index contributed by atoms with van der Waals surface area (Å²) in [5, 5.41) is 13.7. The van der Waals surface area contributed by atoms with E-state index in [0.717, 1.165) is 16.1 Å². The topological polar surface area (TPSA) is 95.0 Å². The standard InChI is InChI=1S/C24H27FN8S.ClH/c1-13-11-33-12-15(7-14(9-26)20(33)28-13)19-27-10-16-21(30-19)34-22(29-16)32(6)17-8-23(2,3)31-24(4,5)18(17)25;/h7,10-12,17-18,31H,8H2,1-6H3;1H/t17-,18-;/m1./s1. The average Bonchev–Trinajstić information content (AvgIpc) is 3.36. The van der Waals surface area contributed by atoms with Crippen LogP contribution < -0.4 is 10.2 Å². The van der Waals surface area contributed by atoms with Crippen LogP contribution >= 0.6 is 23.7 Å². The first-order valence-electron chi connectivity index (χ1n) is 11.2. The van der Waals surface area contributed by atoms with Crippen molar-refractivity contribution in [3.05, 3.63) is 35.9 Å². The molecule has 184 valence electrons. The van der Waals surface area contributed by atoms with Crippen LogP contribution in [0.3, 0.4) is 0 Å². The first-order chi connectivity index (χ1) is 16.0. The lowest BCUT2D eigenvalue weighted by Gasteiger charge is -2.51. The number of nitrogens with one attached hydrogen (secondary N) is 1. The zero-order valence-electron chi connectivity index (χ0n) is 20.5. The molecule has 1 aliphatic rings. The van der Waals surface area contributed by atoms with E-state index in [2.05, 4.69) is 35.2 Å². The Hall–Kier alpha value is -2.87. The molecule has 8 nitrogen and oxygen atoms in total. The molecule has 11 heteroatoms. The molecule has 1 fully saturated rings. The minimum Gasteiger partial charge on any atom is -0.345 e. The Morgan fingerprint density at radius 2 is 1.97 bits per heavy atom. The van der Waals surface area contributed by atoms with E-state index >= 15 is 4.39 Å². The average molecular weight is 515 g/mol. The Balaban J connectivity index is 0.00000289. The fraction of sp³-hybridized carbons (Fsp3) is 0.458. The number of hydrogen-bond acceptors (Lipinski definition) is 8. The Labute approximate surface area is 213 Å². The predicted molar refractivity (Wildman–Crippen MR) is 139 cm³/mol. The lowest BCUT2D eigenvalue weighted by molar-refractivity contribution is 0.0568. The van der Waals surface area contributed by atoms with Gasteiger partial charge in [-0.05, 0) is 47.1 Å². The second-order valence-corrected chi connectivity index (χ2v) is 11.2. The monoisotopic (exact) mass is 514 g/mol. The maximum Gasteiger partial charge on any atom is 0.188 e. The van der Waals surface area contributed by atoms with Crippen molar-refractivity contribution in [2.24, 2.45) is 0 Å². The lowest BCUT2D eigenvalue weighted by Crippen LogP contribution is -2.68. The van der Waals surface area contributed by atoms with Crippen molar-refractivity contribution in [3.63, 3.8) is 0 Å². The summed E-state index contributed by atoms with van der Waals surface area (Å²) in [6.07, 6.45) is 5.02. The molecule has 2 atom stereocenters. The van der Waals surface area contributed by atoms with Gasteiger partial charge in [0.15, 0.2) is 16.6 Å². The van der Waals surface area contributed by atoms with Crippen molar-refractivity contribution in [3.8, 4) is 17.5 Å². The number of alkyl halides is 1.